The Morgan fingerprint density at radius 1 is 0.667 bits per heavy atom. The predicted molar refractivity (Wildman–Crippen MR) is 39.5 cm³/mol. The van der Waals surface area contributed by atoms with Gasteiger partial charge in [-0.15, -0.1) is 25.7 Å². The first-order chi connectivity index (χ1) is 3.00. The van der Waals surface area contributed by atoms with Crippen LogP contribution in [0.1, 0.15) is 0 Å². The van der Waals surface area contributed by atoms with Gasteiger partial charge in [-0.05, 0) is 17.7 Å². The largest absolute Gasteiger partial charge is 0.114 e. The van der Waals surface area contributed by atoms with Crippen LogP contribution in [-0.2, 0) is 0 Å². The Balaban J connectivity index is 2.00. The fourth-order valence-corrected chi connectivity index (χ4v) is 7.45. The zero-order valence-corrected chi connectivity index (χ0v) is 6.62. The standard InChI is InChI=1S/C3H9P3/c1-4-2-6-3-5-1/h4-6H,1-3H2. The first-order valence-electron chi connectivity index (χ1n) is 2.12. The van der Waals surface area contributed by atoms with Gasteiger partial charge in [0, 0.05) is 0 Å². The topological polar surface area (TPSA) is 0 Å². The predicted octanol–water partition coefficient (Wildman–Crippen LogP) is 1.91. The molecular weight excluding hydrogens is 129 g/mol. The summed E-state index contributed by atoms with van der Waals surface area (Å²) in [5.41, 5.74) is 0. The molecule has 0 bridgehead atoms. The summed E-state index contributed by atoms with van der Waals surface area (Å²) in [7, 11) is 3.98. The van der Waals surface area contributed by atoms with Gasteiger partial charge in [-0.3, -0.25) is 0 Å². The lowest BCUT2D eigenvalue weighted by molar-refractivity contribution is 1.95. The van der Waals surface area contributed by atoms with Crippen LogP contribution in [0.15, 0.2) is 0 Å². The Labute approximate surface area is 44.2 Å². The third-order valence-corrected chi connectivity index (χ3v) is 6.75. The normalized spacial score (nSPS) is 36.0. The zero-order chi connectivity index (χ0) is 4.24. The molecule has 0 amide bonds. The van der Waals surface area contributed by atoms with Crippen molar-refractivity contribution in [1.29, 1.82) is 0 Å². The van der Waals surface area contributed by atoms with Crippen LogP contribution in [0.25, 0.3) is 0 Å². The smallest absolute Gasteiger partial charge is 0.0169 e. The van der Waals surface area contributed by atoms with Gasteiger partial charge in [-0.2, -0.15) is 0 Å². The highest BCUT2D eigenvalue weighted by Crippen LogP contribution is 2.40. The molecule has 0 radical (unpaired) electrons. The second-order valence-corrected chi connectivity index (χ2v) is 7.02. The van der Waals surface area contributed by atoms with Crippen LogP contribution in [0.4, 0.5) is 0 Å². The fraction of sp³-hybridized carbons (Fsp3) is 1.00. The minimum absolute atomic E-state index is 1.33. The molecule has 0 spiro atoms. The van der Waals surface area contributed by atoms with E-state index in [4.69, 9.17) is 0 Å². The van der Waals surface area contributed by atoms with E-state index in [0.29, 0.717) is 0 Å². The van der Waals surface area contributed by atoms with Crippen molar-refractivity contribution in [3.8, 4) is 0 Å². The van der Waals surface area contributed by atoms with E-state index in [0.717, 1.165) is 0 Å². The van der Waals surface area contributed by atoms with E-state index >= 15 is 0 Å². The molecule has 1 aliphatic rings. The Morgan fingerprint density at radius 2 is 1.00 bits per heavy atom. The molecule has 0 nitrogen and oxygen atoms in total. The first-order valence-corrected chi connectivity index (χ1v) is 6.36. The third-order valence-electron chi connectivity index (χ3n) is 0.750. The van der Waals surface area contributed by atoms with Crippen molar-refractivity contribution in [3.63, 3.8) is 0 Å². The van der Waals surface area contributed by atoms with Gasteiger partial charge in [0.05, 0.1) is 0 Å². The van der Waals surface area contributed by atoms with Crippen LogP contribution < -0.4 is 0 Å². The maximum Gasteiger partial charge on any atom is -0.0169 e. The van der Waals surface area contributed by atoms with Crippen molar-refractivity contribution < 1.29 is 0 Å². The van der Waals surface area contributed by atoms with E-state index in [1.54, 1.807) is 17.7 Å². The SMILES string of the molecule is C1PCPCP1. The highest BCUT2D eigenvalue weighted by molar-refractivity contribution is 7.73. The van der Waals surface area contributed by atoms with Crippen LogP contribution in [0.5, 0.6) is 0 Å². The Kier molecular flexibility index (Phi) is 3.00. The van der Waals surface area contributed by atoms with Crippen LogP contribution in [0.3, 0.4) is 0 Å². The third kappa shape index (κ3) is 1.83. The fourth-order valence-electron chi connectivity index (χ4n) is 0.453. The molecule has 0 N–H and O–H groups in total. The van der Waals surface area contributed by atoms with Gasteiger partial charge < -0.3 is 0 Å². The molecule has 0 aromatic carbocycles. The molecule has 0 unspecified atom stereocenters. The van der Waals surface area contributed by atoms with E-state index in [-0.39, 0.29) is 0 Å². The highest BCUT2D eigenvalue weighted by Gasteiger charge is 1.94. The lowest BCUT2D eigenvalue weighted by Gasteiger charge is -2.06. The summed E-state index contributed by atoms with van der Waals surface area (Å²) in [5.74, 6) is 4.69. The van der Waals surface area contributed by atoms with Crippen molar-refractivity contribution in [2.45, 2.75) is 0 Å². The van der Waals surface area contributed by atoms with Gasteiger partial charge in [0.2, 0.25) is 0 Å². The average Bonchev–Trinajstić information content (AvgIpc) is 1.72. The van der Waals surface area contributed by atoms with E-state index < -0.39 is 0 Å². The minimum Gasteiger partial charge on any atom is -0.114 e. The van der Waals surface area contributed by atoms with Crippen molar-refractivity contribution in [3.05, 3.63) is 0 Å². The molecule has 3 heteroatoms. The molecule has 1 fully saturated rings. The zero-order valence-electron chi connectivity index (χ0n) is 3.62. The quantitative estimate of drug-likeness (QED) is 0.448. The summed E-state index contributed by atoms with van der Waals surface area (Å²) < 4.78 is 0. The maximum atomic E-state index is 1.56. The minimum atomic E-state index is 1.33. The first kappa shape index (κ1) is 5.43. The van der Waals surface area contributed by atoms with E-state index in [1.165, 1.54) is 25.7 Å². The van der Waals surface area contributed by atoms with Gasteiger partial charge in [-0.1, -0.05) is 0 Å². The summed E-state index contributed by atoms with van der Waals surface area (Å²) in [4.78, 5) is 0. The second kappa shape index (κ2) is 3.31. The molecule has 1 saturated heterocycles. The average molecular weight is 138 g/mol. The van der Waals surface area contributed by atoms with Gasteiger partial charge in [-0.25, -0.2) is 0 Å². The molecule has 36 valence electrons. The summed E-state index contributed by atoms with van der Waals surface area (Å²) in [5, 5.41) is 0. The van der Waals surface area contributed by atoms with Crippen LogP contribution >= 0.6 is 25.7 Å². The van der Waals surface area contributed by atoms with Gasteiger partial charge >= 0.3 is 0 Å². The van der Waals surface area contributed by atoms with Crippen LogP contribution in [0, 0.1) is 0 Å². The van der Waals surface area contributed by atoms with Gasteiger partial charge in [0.25, 0.3) is 0 Å². The summed E-state index contributed by atoms with van der Waals surface area (Å²) in [6.45, 7) is 0. The highest BCUT2D eigenvalue weighted by atomic mass is 31.2. The molecule has 0 aliphatic carbocycles. The molecular formula is C3H9P3. The molecule has 0 saturated carbocycles. The maximum absolute atomic E-state index is 1.56. The monoisotopic (exact) mass is 138 g/mol. The second-order valence-electron chi connectivity index (χ2n) is 1.28. The lowest BCUT2D eigenvalue weighted by Crippen LogP contribution is -1.74. The van der Waals surface area contributed by atoms with Gasteiger partial charge in [0.15, 0.2) is 0 Å². The van der Waals surface area contributed by atoms with Crippen molar-refractivity contribution >= 4 is 25.7 Å². The van der Waals surface area contributed by atoms with Crippen LogP contribution in [0.2, 0.25) is 0 Å². The van der Waals surface area contributed by atoms with Crippen LogP contribution in [-0.4, -0.2) is 17.7 Å². The molecule has 1 rings (SSSR count). The number of hydrogen-bond acceptors (Lipinski definition) is 0. The Bertz CT molecular complexity index is 21.5. The Morgan fingerprint density at radius 3 is 1.17 bits per heavy atom. The molecule has 0 aromatic heterocycles. The summed E-state index contributed by atoms with van der Waals surface area (Å²) >= 11 is 0. The van der Waals surface area contributed by atoms with Crippen molar-refractivity contribution in [2.24, 2.45) is 0 Å². The van der Waals surface area contributed by atoms with E-state index in [1.807, 2.05) is 0 Å². The van der Waals surface area contributed by atoms with E-state index in [9.17, 15) is 0 Å². The number of rotatable bonds is 0. The molecule has 1 aliphatic heterocycles. The van der Waals surface area contributed by atoms with Crippen molar-refractivity contribution in [1.82, 2.24) is 0 Å². The molecule has 1 heterocycles. The lowest BCUT2D eigenvalue weighted by atomic mass is 11.8. The molecule has 6 heavy (non-hydrogen) atoms. The van der Waals surface area contributed by atoms with E-state index in [2.05, 4.69) is 0 Å². The molecule has 0 atom stereocenters. The summed E-state index contributed by atoms with van der Waals surface area (Å²) in [6.07, 6.45) is 0. The van der Waals surface area contributed by atoms with Crippen molar-refractivity contribution in [2.75, 3.05) is 17.7 Å². The molecule has 0 aromatic rings. The Hall–Kier alpha value is 1.29. The van der Waals surface area contributed by atoms with Gasteiger partial charge in [0.1, 0.15) is 0 Å². The summed E-state index contributed by atoms with van der Waals surface area (Å²) in [6, 6.07) is 0. The number of hydrogen-bond donors (Lipinski definition) is 0.